The zero-order valence-electron chi connectivity index (χ0n) is 11.0. The third-order valence-corrected chi connectivity index (χ3v) is 3.86. The molecule has 0 saturated carbocycles. The maximum absolute atomic E-state index is 11.8. The Morgan fingerprint density at radius 1 is 1.52 bits per heavy atom. The van der Waals surface area contributed by atoms with Crippen molar-refractivity contribution in [3.63, 3.8) is 0 Å². The fourth-order valence-electron chi connectivity index (χ4n) is 1.67. The summed E-state index contributed by atoms with van der Waals surface area (Å²) in [5.74, 6) is -1.16. The van der Waals surface area contributed by atoms with Crippen LogP contribution in [-0.2, 0) is 18.4 Å². The summed E-state index contributed by atoms with van der Waals surface area (Å²) in [6.45, 7) is 0.280. The molecule has 1 atom stereocenters. The molecule has 0 aliphatic heterocycles. The normalized spacial score (nSPS) is 11.9. The molecule has 2 aromatic heterocycles. The number of urea groups is 1. The molecule has 0 aromatic carbocycles. The summed E-state index contributed by atoms with van der Waals surface area (Å²) in [7, 11) is 1.67. The van der Waals surface area contributed by atoms with Crippen LogP contribution in [-0.4, -0.2) is 26.9 Å². The number of carboxylic acid groups (broad SMARTS) is 1. The Labute approximate surface area is 129 Å². The van der Waals surface area contributed by atoms with Crippen molar-refractivity contribution >= 4 is 34.9 Å². The van der Waals surface area contributed by atoms with Gasteiger partial charge in [0, 0.05) is 23.7 Å². The molecule has 21 heavy (non-hydrogen) atoms. The third kappa shape index (κ3) is 4.20. The van der Waals surface area contributed by atoms with Gasteiger partial charge in [-0.15, -0.1) is 11.3 Å². The van der Waals surface area contributed by atoms with Gasteiger partial charge in [-0.05, 0) is 12.1 Å². The van der Waals surface area contributed by atoms with Crippen molar-refractivity contribution in [3.8, 4) is 0 Å². The standard InChI is InChI=1S/C12H13ClN4O3S/c1-17-6-7(4-15-17)10(11(18)19)16-12(20)14-5-8-2-3-9(13)21-8/h2-4,6,10H,5H2,1H3,(H,18,19)(H2,14,16,20). The number of amides is 2. The van der Waals surface area contributed by atoms with E-state index in [2.05, 4.69) is 15.7 Å². The van der Waals surface area contributed by atoms with Gasteiger partial charge in [0.05, 0.1) is 17.1 Å². The zero-order chi connectivity index (χ0) is 15.4. The average molecular weight is 329 g/mol. The molecule has 2 heterocycles. The van der Waals surface area contributed by atoms with Gasteiger partial charge < -0.3 is 15.7 Å². The molecule has 3 N–H and O–H groups in total. The molecule has 0 fully saturated rings. The van der Waals surface area contributed by atoms with Crippen molar-refractivity contribution in [1.29, 1.82) is 0 Å². The smallest absolute Gasteiger partial charge is 0.331 e. The SMILES string of the molecule is Cn1cc(C(NC(=O)NCc2ccc(Cl)s2)C(=O)O)cn1. The number of nitrogens with one attached hydrogen (secondary N) is 2. The highest BCUT2D eigenvalue weighted by atomic mass is 35.5. The summed E-state index contributed by atoms with van der Waals surface area (Å²) < 4.78 is 2.10. The van der Waals surface area contributed by atoms with Crippen LogP contribution in [0.1, 0.15) is 16.5 Å². The predicted octanol–water partition coefficient (Wildman–Crippen LogP) is 1.76. The number of halogens is 1. The highest BCUT2D eigenvalue weighted by molar-refractivity contribution is 7.16. The fraction of sp³-hybridized carbons (Fsp3) is 0.250. The molecule has 0 spiro atoms. The van der Waals surface area contributed by atoms with Gasteiger partial charge in [0.2, 0.25) is 0 Å². The van der Waals surface area contributed by atoms with Crippen LogP contribution < -0.4 is 10.6 Å². The van der Waals surface area contributed by atoms with Crippen LogP contribution in [0.5, 0.6) is 0 Å². The summed E-state index contributed by atoms with van der Waals surface area (Å²) in [5, 5.41) is 18.0. The predicted molar refractivity (Wildman–Crippen MR) is 78.3 cm³/mol. The molecule has 2 aromatic rings. The summed E-state index contributed by atoms with van der Waals surface area (Å²) in [4.78, 5) is 23.9. The van der Waals surface area contributed by atoms with Crippen LogP contribution in [0.4, 0.5) is 4.79 Å². The molecule has 0 aliphatic carbocycles. The Morgan fingerprint density at radius 2 is 2.29 bits per heavy atom. The summed E-state index contributed by atoms with van der Waals surface area (Å²) in [6.07, 6.45) is 2.94. The minimum absolute atomic E-state index is 0.280. The minimum atomic E-state index is -1.16. The number of hydrogen-bond acceptors (Lipinski definition) is 4. The van der Waals surface area contributed by atoms with Crippen molar-refractivity contribution in [2.45, 2.75) is 12.6 Å². The Hall–Kier alpha value is -2.06. The van der Waals surface area contributed by atoms with Crippen LogP contribution in [0.3, 0.4) is 0 Å². The molecule has 0 saturated heterocycles. The number of aliphatic carboxylic acids is 1. The minimum Gasteiger partial charge on any atom is -0.479 e. The third-order valence-electron chi connectivity index (χ3n) is 2.63. The quantitative estimate of drug-likeness (QED) is 0.779. The van der Waals surface area contributed by atoms with Gasteiger partial charge in [0.1, 0.15) is 0 Å². The number of aromatic nitrogens is 2. The van der Waals surface area contributed by atoms with Crippen molar-refractivity contribution in [2.75, 3.05) is 0 Å². The van der Waals surface area contributed by atoms with E-state index in [0.717, 1.165) is 4.88 Å². The van der Waals surface area contributed by atoms with E-state index in [1.165, 1.54) is 28.4 Å². The van der Waals surface area contributed by atoms with E-state index in [1.54, 1.807) is 19.2 Å². The van der Waals surface area contributed by atoms with E-state index in [4.69, 9.17) is 11.6 Å². The van der Waals surface area contributed by atoms with Crippen LogP contribution in [0.2, 0.25) is 4.34 Å². The number of nitrogens with zero attached hydrogens (tertiary/aromatic N) is 2. The molecule has 2 amide bonds. The van der Waals surface area contributed by atoms with E-state index in [1.807, 2.05) is 0 Å². The van der Waals surface area contributed by atoms with Crippen LogP contribution >= 0.6 is 22.9 Å². The molecular formula is C12H13ClN4O3S. The average Bonchev–Trinajstić information content (AvgIpc) is 3.02. The topological polar surface area (TPSA) is 96.2 Å². The van der Waals surface area contributed by atoms with E-state index in [9.17, 15) is 14.7 Å². The van der Waals surface area contributed by atoms with E-state index < -0.39 is 18.0 Å². The maximum atomic E-state index is 11.8. The lowest BCUT2D eigenvalue weighted by molar-refractivity contribution is -0.139. The summed E-state index contributed by atoms with van der Waals surface area (Å²) in [5.41, 5.74) is 0.402. The van der Waals surface area contributed by atoms with Gasteiger partial charge in [0.15, 0.2) is 6.04 Å². The summed E-state index contributed by atoms with van der Waals surface area (Å²) >= 11 is 7.14. The van der Waals surface area contributed by atoms with Gasteiger partial charge in [-0.2, -0.15) is 5.10 Å². The lowest BCUT2D eigenvalue weighted by Gasteiger charge is -2.13. The molecule has 0 bridgehead atoms. The van der Waals surface area contributed by atoms with Crippen molar-refractivity contribution in [3.05, 3.63) is 39.3 Å². The van der Waals surface area contributed by atoms with Gasteiger partial charge in [-0.3, -0.25) is 4.68 Å². The number of carbonyl (C=O) groups is 2. The number of carbonyl (C=O) groups excluding carboxylic acids is 1. The second-order valence-corrected chi connectivity index (χ2v) is 6.05. The Morgan fingerprint density at radius 3 is 2.81 bits per heavy atom. The second kappa shape index (κ2) is 6.59. The lowest BCUT2D eigenvalue weighted by atomic mass is 10.1. The molecule has 112 valence electrons. The first-order valence-electron chi connectivity index (χ1n) is 5.95. The molecule has 9 heteroatoms. The monoisotopic (exact) mass is 328 g/mol. The van der Waals surface area contributed by atoms with Crippen molar-refractivity contribution in [1.82, 2.24) is 20.4 Å². The van der Waals surface area contributed by atoms with Gasteiger partial charge in [-0.25, -0.2) is 9.59 Å². The van der Waals surface area contributed by atoms with Crippen molar-refractivity contribution < 1.29 is 14.7 Å². The highest BCUT2D eigenvalue weighted by Gasteiger charge is 2.23. The molecule has 2 rings (SSSR count). The van der Waals surface area contributed by atoms with Gasteiger partial charge in [0.25, 0.3) is 0 Å². The van der Waals surface area contributed by atoms with Crippen molar-refractivity contribution in [2.24, 2.45) is 7.05 Å². The van der Waals surface area contributed by atoms with Crippen LogP contribution in [0, 0.1) is 0 Å². The molecule has 0 aliphatic rings. The fourth-order valence-corrected chi connectivity index (χ4v) is 2.70. The first-order valence-corrected chi connectivity index (χ1v) is 7.15. The largest absolute Gasteiger partial charge is 0.479 e. The Kier molecular flexibility index (Phi) is 4.81. The zero-order valence-corrected chi connectivity index (χ0v) is 12.6. The van der Waals surface area contributed by atoms with E-state index in [0.29, 0.717) is 9.90 Å². The molecule has 7 nitrogen and oxygen atoms in total. The molecule has 0 radical (unpaired) electrons. The molecular weight excluding hydrogens is 316 g/mol. The van der Waals surface area contributed by atoms with Gasteiger partial charge >= 0.3 is 12.0 Å². The highest BCUT2D eigenvalue weighted by Crippen LogP contribution is 2.21. The number of hydrogen-bond donors (Lipinski definition) is 3. The van der Waals surface area contributed by atoms with Gasteiger partial charge in [-0.1, -0.05) is 11.6 Å². The summed E-state index contributed by atoms with van der Waals surface area (Å²) in [6, 6.07) is 1.81. The van der Waals surface area contributed by atoms with Crippen LogP contribution in [0.25, 0.3) is 0 Å². The lowest BCUT2D eigenvalue weighted by Crippen LogP contribution is -2.40. The number of thiophene rings is 1. The number of rotatable bonds is 5. The number of aryl methyl sites for hydroxylation is 1. The van der Waals surface area contributed by atoms with E-state index in [-0.39, 0.29) is 6.54 Å². The maximum Gasteiger partial charge on any atom is 0.331 e. The number of carboxylic acids is 1. The van der Waals surface area contributed by atoms with Crippen LogP contribution in [0.15, 0.2) is 24.5 Å². The first kappa shape index (κ1) is 15.3. The first-order chi connectivity index (χ1) is 9.95. The Bertz CT molecular complexity index is 654. The van der Waals surface area contributed by atoms with E-state index >= 15 is 0 Å². The Balaban J connectivity index is 1.94. The second-order valence-electron chi connectivity index (χ2n) is 4.25. The molecule has 1 unspecified atom stereocenters.